The number of aromatic nitrogens is 1. The second-order valence-electron chi connectivity index (χ2n) is 9.45. The highest BCUT2D eigenvalue weighted by atomic mass is 16.5. The van der Waals surface area contributed by atoms with Crippen molar-refractivity contribution < 1.29 is 19.1 Å². The summed E-state index contributed by atoms with van der Waals surface area (Å²) in [5.74, 6) is -0.839. The van der Waals surface area contributed by atoms with Gasteiger partial charge in [-0.3, -0.25) is 14.4 Å². The van der Waals surface area contributed by atoms with Crippen LogP contribution in [0.5, 0.6) is 5.75 Å². The Bertz CT molecular complexity index is 1270. The van der Waals surface area contributed by atoms with E-state index in [1.165, 1.54) is 6.92 Å². The van der Waals surface area contributed by atoms with Gasteiger partial charge in [0.05, 0.1) is 19.3 Å². The largest absolute Gasteiger partial charge is 0.487 e. The van der Waals surface area contributed by atoms with Gasteiger partial charge in [0.2, 0.25) is 11.3 Å². The lowest BCUT2D eigenvalue weighted by Gasteiger charge is -2.41. The van der Waals surface area contributed by atoms with Crippen LogP contribution in [-0.2, 0) is 9.53 Å². The number of carbonyl (C=O) groups excluding carboxylic acids is 2. The third-order valence-corrected chi connectivity index (χ3v) is 6.77. The van der Waals surface area contributed by atoms with E-state index in [1.807, 2.05) is 47.9 Å². The first-order chi connectivity index (χ1) is 18.5. The van der Waals surface area contributed by atoms with Crippen LogP contribution in [0.15, 0.2) is 71.7 Å². The summed E-state index contributed by atoms with van der Waals surface area (Å²) in [5.41, 5.74) is 1.94. The van der Waals surface area contributed by atoms with Gasteiger partial charge in [-0.15, -0.1) is 0 Å². The highest BCUT2D eigenvalue weighted by molar-refractivity contribution is 5.97. The van der Waals surface area contributed by atoms with Crippen molar-refractivity contribution in [3.8, 4) is 5.75 Å². The maximum atomic E-state index is 13.8. The third-order valence-electron chi connectivity index (χ3n) is 6.77. The molecular weight excluding hydrogens is 482 g/mol. The molecule has 1 aromatic heterocycles. The average Bonchev–Trinajstić information content (AvgIpc) is 2.92. The summed E-state index contributed by atoms with van der Waals surface area (Å²) >= 11 is 0. The molecule has 2 amide bonds. The maximum absolute atomic E-state index is 13.8. The first-order valence-electron chi connectivity index (χ1n) is 13.0. The van der Waals surface area contributed by atoms with E-state index < -0.39 is 5.43 Å². The molecule has 8 heteroatoms. The Morgan fingerprint density at radius 1 is 1.03 bits per heavy atom. The van der Waals surface area contributed by atoms with Crippen LogP contribution >= 0.6 is 0 Å². The highest BCUT2D eigenvalue weighted by Crippen LogP contribution is 2.40. The molecular formula is C30H35N3O5. The molecule has 0 aliphatic carbocycles. The molecule has 1 N–H and O–H groups in total. The van der Waals surface area contributed by atoms with E-state index in [4.69, 9.17) is 9.47 Å². The molecule has 38 heavy (non-hydrogen) atoms. The molecule has 4 rings (SSSR count). The van der Waals surface area contributed by atoms with Gasteiger partial charge in [-0.25, -0.2) is 0 Å². The summed E-state index contributed by atoms with van der Waals surface area (Å²) in [4.78, 5) is 41.1. The molecule has 0 saturated heterocycles. The molecule has 3 aromatic rings. The number of fused-ring (bicyclic) bond motifs is 1. The molecule has 0 saturated carbocycles. The van der Waals surface area contributed by atoms with Crippen LogP contribution in [-0.4, -0.2) is 54.7 Å². The molecule has 8 nitrogen and oxygen atoms in total. The highest BCUT2D eigenvalue weighted by Gasteiger charge is 2.39. The third kappa shape index (κ3) is 5.81. The topological polar surface area (TPSA) is 89.9 Å². The summed E-state index contributed by atoms with van der Waals surface area (Å²) in [6.45, 7) is 4.79. The van der Waals surface area contributed by atoms with Gasteiger partial charge in [0.1, 0.15) is 5.69 Å². The zero-order valence-corrected chi connectivity index (χ0v) is 22.2. The van der Waals surface area contributed by atoms with Gasteiger partial charge in [-0.05, 0) is 17.5 Å². The number of methoxy groups -OCH3 is 1. The first kappa shape index (κ1) is 27.1. The number of hydrogen-bond donors (Lipinski definition) is 1. The number of nitrogens with one attached hydrogen (secondary N) is 1. The van der Waals surface area contributed by atoms with Crippen LogP contribution in [0.3, 0.4) is 0 Å². The second kappa shape index (κ2) is 12.6. The molecule has 0 radical (unpaired) electrons. The van der Waals surface area contributed by atoms with E-state index >= 15 is 0 Å². The lowest BCUT2D eigenvalue weighted by Crippen LogP contribution is -2.47. The van der Waals surface area contributed by atoms with E-state index in [2.05, 4.69) is 29.6 Å². The van der Waals surface area contributed by atoms with Gasteiger partial charge in [0, 0.05) is 39.2 Å². The van der Waals surface area contributed by atoms with Gasteiger partial charge >= 0.3 is 0 Å². The standard InChI is InChI=1S/C30H35N3O5/c1-4-5-17-38-29-27-30(36)32(16-18-37-3)20-25(33(27)19-24(28(29)35)31-21(2)34)26(22-12-8-6-9-13-22)23-14-10-7-11-15-23/h6-15,19,25-26H,4-5,16-18,20H2,1-3H3,(H,31,34)/t25-/m1/s1. The summed E-state index contributed by atoms with van der Waals surface area (Å²) in [6, 6.07) is 19.9. The molecule has 1 atom stereocenters. The quantitative estimate of drug-likeness (QED) is 0.379. The average molecular weight is 518 g/mol. The van der Waals surface area contributed by atoms with Crippen molar-refractivity contribution >= 4 is 17.5 Å². The van der Waals surface area contributed by atoms with Crippen LogP contribution in [0.4, 0.5) is 5.69 Å². The number of anilines is 1. The number of ether oxygens (including phenoxy) is 2. The fraction of sp³-hybridized carbons (Fsp3) is 0.367. The summed E-state index contributed by atoms with van der Waals surface area (Å²) < 4.78 is 13.1. The molecule has 2 heterocycles. The lowest BCUT2D eigenvalue weighted by atomic mass is 9.83. The molecule has 0 spiro atoms. The van der Waals surface area contributed by atoms with Gasteiger partial charge in [-0.1, -0.05) is 74.0 Å². The second-order valence-corrected chi connectivity index (χ2v) is 9.45. The number of amides is 2. The Morgan fingerprint density at radius 2 is 1.66 bits per heavy atom. The van der Waals surface area contributed by atoms with Crippen LogP contribution in [0.25, 0.3) is 0 Å². The molecule has 200 valence electrons. The minimum absolute atomic E-state index is 0.0262. The number of nitrogens with zero attached hydrogens (tertiary/aromatic N) is 2. The van der Waals surface area contributed by atoms with E-state index in [1.54, 1.807) is 18.2 Å². The van der Waals surface area contributed by atoms with Gasteiger partial charge < -0.3 is 24.3 Å². The molecule has 1 aliphatic rings. The number of hydrogen-bond acceptors (Lipinski definition) is 5. The minimum Gasteiger partial charge on any atom is -0.487 e. The fourth-order valence-corrected chi connectivity index (χ4v) is 4.97. The van der Waals surface area contributed by atoms with Crippen LogP contribution in [0, 0.1) is 0 Å². The predicted octanol–water partition coefficient (Wildman–Crippen LogP) is 4.46. The zero-order valence-electron chi connectivity index (χ0n) is 22.2. The van der Waals surface area contributed by atoms with Gasteiger partial charge in [0.15, 0.2) is 11.4 Å². The van der Waals surface area contributed by atoms with Crippen LogP contribution < -0.4 is 15.5 Å². The van der Waals surface area contributed by atoms with Crippen molar-refractivity contribution in [2.75, 3.05) is 38.7 Å². The SMILES string of the molecule is CCCCOc1c2n(cc(NC(C)=O)c1=O)[C@@H](C(c1ccccc1)c1ccccc1)CN(CCOC)C2=O. The van der Waals surface area contributed by atoms with E-state index in [0.29, 0.717) is 26.3 Å². The lowest BCUT2D eigenvalue weighted by molar-refractivity contribution is -0.114. The summed E-state index contributed by atoms with van der Waals surface area (Å²) in [6.07, 6.45) is 3.20. The first-order valence-corrected chi connectivity index (χ1v) is 13.0. The summed E-state index contributed by atoms with van der Waals surface area (Å²) in [7, 11) is 1.60. The number of rotatable bonds is 11. The number of pyridine rings is 1. The maximum Gasteiger partial charge on any atom is 0.274 e. The summed E-state index contributed by atoms with van der Waals surface area (Å²) in [5, 5.41) is 2.66. The fourth-order valence-electron chi connectivity index (χ4n) is 4.97. The normalized spacial score (nSPS) is 14.9. The molecule has 1 aliphatic heterocycles. The number of unbranched alkanes of at least 4 members (excludes halogenated alkanes) is 1. The van der Waals surface area contributed by atoms with Gasteiger partial charge in [-0.2, -0.15) is 0 Å². The van der Waals surface area contributed by atoms with Crippen molar-refractivity contribution in [3.05, 3.63) is 93.9 Å². The van der Waals surface area contributed by atoms with Crippen molar-refractivity contribution in [2.45, 2.75) is 38.6 Å². The van der Waals surface area contributed by atoms with Crippen LogP contribution in [0.1, 0.15) is 60.3 Å². The predicted molar refractivity (Wildman–Crippen MR) is 147 cm³/mol. The Morgan fingerprint density at radius 3 is 2.21 bits per heavy atom. The van der Waals surface area contributed by atoms with Gasteiger partial charge in [0.25, 0.3) is 5.91 Å². The van der Waals surface area contributed by atoms with Crippen molar-refractivity contribution in [1.82, 2.24) is 9.47 Å². The Kier molecular flexibility index (Phi) is 8.97. The Hall–Kier alpha value is -3.91. The van der Waals surface area contributed by atoms with Crippen LogP contribution in [0.2, 0.25) is 0 Å². The molecule has 0 fully saturated rings. The number of carbonyl (C=O) groups is 2. The Balaban J connectivity index is 1.97. The molecule has 0 unspecified atom stereocenters. The van der Waals surface area contributed by atoms with E-state index in [9.17, 15) is 14.4 Å². The van der Waals surface area contributed by atoms with Crippen molar-refractivity contribution in [3.63, 3.8) is 0 Å². The molecule has 2 aromatic carbocycles. The smallest absolute Gasteiger partial charge is 0.274 e. The van der Waals surface area contributed by atoms with E-state index in [0.717, 1.165) is 24.0 Å². The zero-order chi connectivity index (χ0) is 27.1. The molecule has 0 bridgehead atoms. The Labute approximate surface area is 223 Å². The van der Waals surface area contributed by atoms with Crippen molar-refractivity contribution in [2.24, 2.45) is 0 Å². The minimum atomic E-state index is -0.501. The number of benzene rings is 2. The van der Waals surface area contributed by atoms with Crippen molar-refractivity contribution in [1.29, 1.82) is 0 Å². The monoisotopic (exact) mass is 517 g/mol. The van der Waals surface area contributed by atoms with E-state index in [-0.39, 0.29) is 40.9 Å².